The first-order chi connectivity index (χ1) is 17.1. The Kier molecular flexibility index (Phi) is 7.65. The van der Waals surface area contributed by atoms with Crippen LogP contribution in [0.15, 0.2) is 47.4 Å². The summed E-state index contributed by atoms with van der Waals surface area (Å²) in [5.41, 5.74) is 2.04. The monoisotopic (exact) mass is 516 g/mol. The molecule has 0 unspecified atom stereocenters. The van der Waals surface area contributed by atoms with Gasteiger partial charge in [0.2, 0.25) is 21.8 Å². The molecule has 2 aromatic carbocycles. The van der Waals surface area contributed by atoms with Gasteiger partial charge in [-0.1, -0.05) is 32.9 Å². The van der Waals surface area contributed by atoms with Crippen LogP contribution in [0.3, 0.4) is 0 Å². The van der Waals surface area contributed by atoms with E-state index in [0.717, 1.165) is 11.3 Å². The van der Waals surface area contributed by atoms with Crippen molar-refractivity contribution in [2.75, 3.05) is 42.5 Å². The second-order valence-corrected chi connectivity index (χ2v) is 11.3. The van der Waals surface area contributed by atoms with Crippen molar-refractivity contribution < 1.29 is 22.4 Å². The zero-order chi connectivity index (χ0) is 26.0. The Balaban J connectivity index is 1.46. The molecule has 8 nitrogen and oxygen atoms in total. The van der Waals surface area contributed by atoms with Gasteiger partial charge in [0.15, 0.2) is 0 Å². The zero-order valence-electron chi connectivity index (χ0n) is 20.9. The SMILES string of the molecule is CCC(=O)N1CCc2cc(S(=O)(=O)N[C@H](C(=O)N3CCN(c4ccccc4F)CC3)C(C)C)ccc21. The highest BCUT2D eigenvalue weighted by Gasteiger charge is 2.34. The molecule has 194 valence electrons. The second kappa shape index (κ2) is 10.6. The molecule has 4 rings (SSSR count). The van der Waals surface area contributed by atoms with Crippen molar-refractivity contribution in [1.82, 2.24) is 9.62 Å². The highest BCUT2D eigenvalue weighted by molar-refractivity contribution is 7.89. The van der Waals surface area contributed by atoms with Crippen LogP contribution in [-0.2, 0) is 26.0 Å². The molecule has 0 saturated carbocycles. The Labute approximate surface area is 212 Å². The van der Waals surface area contributed by atoms with E-state index in [0.29, 0.717) is 51.3 Å². The van der Waals surface area contributed by atoms with Gasteiger partial charge in [0.05, 0.1) is 10.6 Å². The van der Waals surface area contributed by atoms with E-state index < -0.39 is 16.1 Å². The highest BCUT2D eigenvalue weighted by Crippen LogP contribution is 2.31. The number of hydrogen-bond acceptors (Lipinski definition) is 5. The van der Waals surface area contributed by atoms with Crippen molar-refractivity contribution in [3.8, 4) is 0 Å². The third kappa shape index (κ3) is 5.24. The maximum atomic E-state index is 14.2. The lowest BCUT2D eigenvalue weighted by Gasteiger charge is -2.38. The first kappa shape index (κ1) is 26.1. The molecular formula is C26H33FN4O4S. The normalized spacial score (nSPS) is 16.9. The van der Waals surface area contributed by atoms with Gasteiger partial charge in [-0.2, -0.15) is 4.72 Å². The maximum absolute atomic E-state index is 14.2. The smallest absolute Gasteiger partial charge is 0.241 e. The molecule has 2 aliphatic heterocycles. The molecule has 2 heterocycles. The number of halogens is 1. The minimum atomic E-state index is -3.97. The second-order valence-electron chi connectivity index (χ2n) is 9.55. The number of benzene rings is 2. The van der Waals surface area contributed by atoms with Gasteiger partial charge in [-0.25, -0.2) is 12.8 Å². The minimum absolute atomic E-state index is 0.00282. The van der Waals surface area contributed by atoms with Gasteiger partial charge in [0, 0.05) is 44.8 Å². The number of hydrogen-bond donors (Lipinski definition) is 1. The van der Waals surface area contributed by atoms with Crippen LogP contribution in [0.25, 0.3) is 0 Å². The molecule has 1 fully saturated rings. The predicted octanol–water partition coefficient (Wildman–Crippen LogP) is 2.78. The average molecular weight is 517 g/mol. The summed E-state index contributed by atoms with van der Waals surface area (Å²) in [6, 6.07) is 10.4. The van der Waals surface area contributed by atoms with Gasteiger partial charge >= 0.3 is 0 Å². The predicted molar refractivity (Wildman–Crippen MR) is 137 cm³/mol. The molecular weight excluding hydrogens is 483 g/mol. The van der Waals surface area contributed by atoms with Crippen LogP contribution in [0.4, 0.5) is 15.8 Å². The Hall–Kier alpha value is -2.98. The van der Waals surface area contributed by atoms with Crippen LogP contribution >= 0.6 is 0 Å². The molecule has 36 heavy (non-hydrogen) atoms. The van der Waals surface area contributed by atoms with Crippen LogP contribution in [0, 0.1) is 11.7 Å². The number of fused-ring (bicyclic) bond motifs is 1. The number of nitrogens with one attached hydrogen (secondary N) is 1. The Morgan fingerprint density at radius 1 is 1.00 bits per heavy atom. The summed E-state index contributed by atoms with van der Waals surface area (Å²) in [4.78, 5) is 30.8. The van der Waals surface area contributed by atoms with Crippen LogP contribution in [-0.4, -0.2) is 63.9 Å². The zero-order valence-corrected chi connectivity index (χ0v) is 21.7. The van der Waals surface area contributed by atoms with Gasteiger partial charge in [-0.05, 0) is 48.2 Å². The number of para-hydroxylation sites is 1. The lowest BCUT2D eigenvalue weighted by molar-refractivity contribution is -0.134. The van der Waals surface area contributed by atoms with Crippen molar-refractivity contribution in [2.45, 2.75) is 44.6 Å². The number of carbonyl (C=O) groups excluding carboxylic acids is 2. The molecule has 10 heteroatoms. The van der Waals surface area contributed by atoms with E-state index in [9.17, 15) is 22.4 Å². The van der Waals surface area contributed by atoms with Crippen molar-refractivity contribution in [1.29, 1.82) is 0 Å². The van der Waals surface area contributed by atoms with Crippen LogP contribution < -0.4 is 14.5 Å². The van der Waals surface area contributed by atoms with E-state index in [2.05, 4.69) is 4.72 Å². The first-order valence-electron chi connectivity index (χ1n) is 12.4. The van der Waals surface area contributed by atoms with Crippen LogP contribution in [0.1, 0.15) is 32.8 Å². The number of sulfonamides is 1. The van der Waals surface area contributed by atoms with Crippen molar-refractivity contribution in [2.24, 2.45) is 5.92 Å². The molecule has 0 radical (unpaired) electrons. The van der Waals surface area contributed by atoms with E-state index >= 15 is 0 Å². The van der Waals surface area contributed by atoms with E-state index in [1.54, 1.807) is 60.9 Å². The summed E-state index contributed by atoms with van der Waals surface area (Å²) in [6.07, 6.45) is 0.969. The molecule has 0 aliphatic carbocycles. The number of carbonyl (C=O) groups is 2. The number of piperazine rings is 1. The van der Waals surface area contributed by atoms with Crippen LogP contribution in [0.2, 0.25) is 0 Å². The fraction of sp³-hybridized carbons (Fsp3) is 0.462. The molecule has 2 aliphatic rings. The van der Waals surface area contributed by atoms with Crippen molar-refractivity contribution in [3.63, 3.8) is 0 Å². The van der Waals surface area contributed by atoms with Crippen molar-refractivity contribution >= 4 is 33.2 Å². The average Bonchev–Trinajstić information content (AvgIpc) is 3.30. The van der Waals surface area contributed by atoms with E-state index in [1.807, 2.05) is 4.90 Å². The summed E-state index contributed by atoms with van der Waals surface area (Å²) in [6.45, 7) is 7.60. The summed E-state index contributed by atoms with van der Waals surface area (Å²) in [5.74, 6) is -0.865. The lowest BCUT2D eigenvalue weighted by atomic mass is 10.0. The van der Waals surface area contributed by atoms with Gasteiger partial charge in [-0.3, -0.25) is 9.59 Å². The van der Waals surface area contributed by atoms with E-state index in [-0.39, 0.29) is 28.4 Å². The first-order valence-corrected chi connectivity index (χ1v) is 13.8. The third-order valence-electron chi connectivity index (χ3n) is 6.86. The van der Waals surface area contributed by atoms with Gasteiger partial charge < -0.3 is 14.7 Å². The van der Waals surface area contributed by atoms with Gasteiger partial charge in [0.25, 0.3) is 0 Å². The Morgan fingerprint density at radius 3 is 2.33 bits per heavy atom. The summed E-state index contributed by atoms with van der Waals surface area (Å²) < 4.78 is 43.3. The van der Waals surface area contributed by atoms with Crippen molar-refractivity contribution in [3.05, 3.63) is 53.8 Å². The highest BCUT2D eigenvalue weighted by atomic mass is 32.2. The van der Waals surface area contributed by atoms with E-state index in [4.69, 9.17) is 0 Å². The molecule has 0 aromatic heterocycles. The fourth-order valence-electron chi connectivity index (χ4n) is 4.77. The third-order valence-corrected chi connectivity index (χ3v) is 8.30. The summed E-state index contributed by atoms with van der Waals surface area (Å²) >= 11 is 0. The largest absolute Gasteiger partial charge is 0.366 e. The maximum Gasteiger partial charge on any atom is 0.241 e. The fourth-order valence-corrected chi connectivity index (χ4v) is 6.16. The molecule has 0 spiro atoms. The standard InChI is InChI=1S/C26H33FN4O4S/c1-4-24(32)31-12-11-19-17-20(9-10-22(19)31)36(34,35)28-25(18(2)3)26(33)30-15-13-29(14-16-30)23-8-6-5-7-21(23)27/h5-10,17-18,25,28H,4,11-16H2,1-3H3/t25-/m0/s1. The number of amides is 2. The number of nitrogens with zero attached hydrogens (tertiary/aromatic N) is 3. The van der Waals surface area contributed by atoms with Crippen LogP contribution in [0.5, 0.6) is 0 Å². The lowest BCUT2D eigenvalue weighted by Crippen LogP contribution is -2.56. The Morgan fingerprint density at radius 2 is 1.69 bits per heavy atom. The molecule has 2 amide bonds. The Bertz CT molecular complexity index is 1240. The molecule has 1 atom stereocenters. The van der Waals surface area contributed by atoms with Gasteiger partial charge in [-0.15, -0.1) is 0 Å². The van der Waals surface area contributed by atoms with E-state index in [1.165, 1.54) is 12.1 Å². The van der Waals surface area contributed by atoms with Gasteiger partial charge in [0.1, 0.15) is 11.9 Å². The summed E-state index contributed by atoms with van der Waals surface area (Å²) in [5, 5.41) is 0. The quantitative estimate of drug-likeness (QED) is 0.611. The minimum Gasteiger partial charge on any atom is -0.366 e. The summed E-state index contributed by atoms with van der Waals surface area (Å²) in [7, 11) is -3.97. The molecule has 1 saturated heterocycles. The number of anilines is 2. The number of rotatable bonds is 7. The molecule has 0 bridgehead atoms. The molecule has 2 aromatic rings. The molecule has 1 N–H and O–H groups in total. The topological polar surface area (TPSA) is 90.0 Å².